The Hall–Kier alpha value is -4.54. The molecule has 6 heterocycles. The minimum Gasteiger partial charge on any atom is -0.370 e. The van der Waals surface area contributed by atoms with Crippen molar-refractivity contribution in [3.8, 4) is 5.69 Å². The van der Waals surface area contributed by atoms with Gasteiger partial charge in [-0.3, -0.25) is 23.6 Å². The Bertz CT molecular complexity index is 2530. The van der Waals surface area contributed by atoms with E-state index in [1.54, 1.807) is 6.07 Å². The van der Waals surface area contributed by atoms with E-state index in [1.165, 1.54) is 78.9 Å². The normalized spacial score (nSPS) is 22.3. The summed E-state index contributed by atoms with van der Waals surface area (Å²) in [4.78, 5) is 50.0. The van der Waals surface area contributed by atoms with Crippen molar-refractivity contribution in [2.75, 3.05) is 42.5 Å². The van der Waals surface area contributed by atoms with Gasteiger partial charge in [0.2, 0.25) is 11.8 Å². The Morgan fingerprint density at radius 2 is 1.57 bits per heavy atom. The molecule has 58 heavy (non-hydrogen) atoms. The van der Waals surface area contributed by atoms with E-state index in [0.29, 0.717) is 46.8 Å². The zero-order valence-electron chi connectivity index (χ0n) is 33.5. The minimum atomic E-state index is -0.206. The van der Waals surface area contributed by atoms with Crippen molar-refractivity contribution in [1.82, 2.24) is 24.2 Å². The van der Waals surface area contributed by atoms with E-state index in [9.17, 15) is 14.4 Å². The maximum atomic E-state index is 13.4. The zero-order valence-corrected chi connectivity index (χ0v) is 34.3. The van der Waals surface area contributed by atoms with E-state index in [2.05, 4.69) is 49.8 Å². The summed E-state index contributed by atoms with van der Waals surface area (Å²) in [6.07, 6.45) is 14.6. The quantitative estimate of drug-likeness (QED) is 0.165. The highest BCUT2D eigenvalue weighted by Crippen LogP contribution is 2.53. The SMILES string of the molecule is Cn1nc(N2C(=O)CCCC2=O)c2ccc(N3CC4(CCC(CN5CCC(c6ccc7c(c6)-n6c(nc(=O)c8c(Cl)cccc86)C76CCCCC6)CC5)CC4)C3)cc21. The largest absolute Gasteiger partial charge is 0.370 e. The fourth-order valence-corrected chi connectivity index (χ4v) is 12.3. The molecule has 5 aromatic rings. The van der Waals surface area contributed by atoms with Crippen molar-refractivity contribution in [1.29, 1.82) is 0 Å². The number of aryl methyl sites for hydroxylation is 1. The highest BCUT2D eigenvalue weighted by atomic mass is 35.5. The molecule has 6 aliphatic rings. The van der Waals surface area contributed by atoms with Crippen LogP contribution in [0.5, 0.6) is 0 Å². The summed E-state index contributed by atoms with van der Waals surface area (Å²) in [6.45, 7) is 5.67. The van der Waals surface area contributed by atoms with Crippen molar-refractivity contribution < 1.29 is 9.59 Å². The first kappa shape index (κ1) is 36.5. The topological polar surface area (TPSA) is 96.6 Å². The predicted molar refractivity (Wildman–Crippen MR) is 228 cm³/mol. The number of piperidine rings is 2. The number of anilines is 2. The first-order valence-electron chi connectivity index (χ1n) is 21.9. The number of amides is 2. The van der Waals surface area contributed by atoms with Crippen molar-refractivity contribution >= 4 is 56.7 Å². The minimum absolute atomic E-state index is 0.154. The van der Waals surface area contributed by atoms with Crippen LogP contribution in [0.2, 0.25) is 5.02 Å². The number of fused-ring (bicyclic) bond motifs is 8. The molecule has 0 N–H and O–H groups in total. The lowest BCUT2D eigenvalue weighted by atomic mass is 9.65. The van der Waals surface area contributed by atoms with Crippen LogP contribution in [0.25, 0.3) is 27.5 Å². The second-order valence-corrected chi connectivity index (χ2v) is 19.0. The number of benzene rings is 3. The van der Waals surface area contributed by atoms with Gasteiger partial charge in [-0.1, -0.05) is 49.1 Å². The van der Waals surface area contributed by atoms with Crippen LogP contribution in [0.1, 0.15) is 113 Å². The van der Waals surface area contributed by atoms with Gasteiger partial charge < -0.3 is 9.80 Å². The van der Waals surface area contributed by atoms with E-state index in [4.69, 9.17) is 16.6 Å². The molecule has 0 unspecified atom stereocenters. The van der Waals surface area contributed by atoms with E-state index in [1.807, 2.05) is 29.9 Å². The Balaban J connectivity index is 0.725. The molecule has 11 heteroatoms. The molecule has 10 nitrogen and oxygen atoms in total. The lowest BCUT2D eigenvalue weighted by Gasteiger charge is -2.55. The van der Waals surface area contributed by atoms with Gasteiger partial charge >= 0.3 is 0 Å². The molecule has 2 saturated carbocycles. The molecule has 3 saturated heterocycles. The van der Waals surface area contributed by atoms with Crippen LogP contribution >= 0.6 is 11.6 Å². The number of aromatic nitrogens is 4. The van der Waals surface area contributed by atoms with Gasteiger partial charge in [0.05, 0.1) is 32.5 Å². The zero-order chi connectivity index (χ0) is 39.3. The molecule has 0 bridgehead atoms. The van der Waals surface area contributed by atoms with Crippen LogP contribution in [0.3, 0.4) is 0 Å². The van der Waals surface area contributed by atoms with Gasteiger partial charge in [-0.2, -0.15) is 10.1 Å². The molecule has 2 spiro atoms. The third-order valence-corrected chi connectivity index (χ3v) is 15.6. The summed E-state index contributed by atoms with van der Waals surface area (Å²) in [5, 5.41) is 6.49. The summed E-state index contributed by atoms with van der Waals surface area (Å²) in [7, 11) is 1.90. The molecule has 11 rings (SSSR count). The van der Waals surface area contributed by atoms with Gasteiger partial charge in [0.15, 0.2) is 5.82 Å². The number of imide groups is 1. The molecule has 2 aliphatic carbocycles. The fourth-order valence-electron chi connectivity index (χ4n) is 12.1. The summed E-state index contributed by atoms with van der Waals surface area (Å²) in [5.41, 5.74) is 7.00. The summed E-state index contributed by atoms with van der Waals surface area (Å²) in [6, 6.07) is 19.4. The van der Waals surface area contributed by atoms with Gasteiger partial charge in [0.25, 0.3) is 5.56 Å². The maximum Gasteiger partial charge on any atom is 0.282 e. The van der Waals surface area contributed by atoms with E-state index in [0.717, 1.165) is 80.0 Å². The Kier molecular flexibility index (Phi) is 8.67. The van der Waals surface area contributed by atoms with E-state index in [-0.39, 0.29) is 22.8 Å². The molecule has 2 amide bonds. The van der Waals surface area contributed by atoms with Crippen LogP contribution in [0.4, 0.5) is 11.5 Å². The summed E-state index contributed by atoms with van der Waals surface area (Å²) < 4.78 is 4.10. The van der Waals surface area contributed by atoms with Gasteiger partial charge in [-0.25, -0.2) is 4.90 Å². The van der Waals surface area contributed by atoms with E-state index < -0.39 is 0 Å². The lowest BCUT2D eigenvalue weighted by Crippen LogP contribution is -2.58. The lowest BCUT2D eigenvalue weighted by molar-refractivity contribution is -0.129. The highest BCUT2D eigenvalue weighted by Gasteiger charge is 2.48. The highest BCUT2D eigenvalue weighted by molar-refractivity contribution is 6.35. The smallest absolute Gasteiger partial charge is 0.282 e. The standard InChI is InChI=1S/C47H52ClN7O3/c1-51-38-26-33(12-13-34(38)43(50-51)55-40(56)9-6-10-41(55)57)53-28-46(29-53)21-15-30(16-22-46)27-52-23-17-31(18-24-52)32-11-14-35-39(25-32)54-37-8-5-7-36(48)42(37)44(58)49-45(54)47(35)19-3-2-4-20-47/h5,7-8,11-14,25-26,30-31H,2-4,6,9-10,15-24,27-29H2,1H3. The van der Waals surface area contributed by atoms with Gasteiger partial charge in [-0.15, -0.1) is 0 Å². The molecular weight excluding hydrogens is 746 g/mol. The number of hydrogen-bond donors (Lipinski definition) is 0. The van der Waals surface area contributed by atoms with Crippen molar-refractivity contribution in [2.24, 2.45) is 18.4 Å². The number of carbonyl (C=O) groups is 2. The van der Waals surface area contributed by atoms with Crippen molar-refractivity contribution in [3.05, 3.63) is 86.9 Å². The Morgan fingerprint density at radius 1 is 0.810 bits per heavy atom. The summed E-state index contributed by atoms with van der Waals surface area (Å²) in [5.74, 6) is 2.37. The van der Waals surface area contributed by atoms with Crippen LogP contribution in [-0.2, 0) is 22.1 Å². The van der Waals surface area contributed by atoms with Crippen LogP contribution < -0.4 is 15.4 Å². The van der Waals surface area contributed by atoms with Gasteiger partial charge in [-0.05, 0) is 130 Å². The second-order valence-electron chi connectivity index (χ2n) is 18.6. The maximum absolute atomic E-state index is 13.4. The number of carbonyl (C=O) groups excluding carboxylic acids is 2. The third-order valence-electron chi connectivity index (χ3n) is 15.2. The van der Waals surface area contributed by atoms with Gasteiger partial charge in [0.1, 0.15) is 5.82 Å². The number of nitrogens with zero attached hydrogens (tertiary/aromatic N) is 7. The van der Waals surface area contributed by atoms with E-state index >= 15 is 0 Å². The predicted octanol–water partition coefficient (Wildman–Crippen LogP) is 8.41. The molecule has 4 aliphatic heterocycles. The number of hydrogen-bond acceptors (Lipinski definition) is 7. The molecule has 0 radical (unpaired) electrons. The summed E-state index contributed by atoms with van der Waals surface area (Å²) >= 11 is 6.63. The Labute approximate surface area is 344 Å². The van der Waals surface area contributed by atoms with Crippen LogP contribution in [0, 0.1) is 11.3 Å². The first-order valence-corrected chi connectivity index (χ1v) is 22.2. The number of likely N-dealkylation sites (tertiary alicyclic amines) is 1. The van der Waals surface area contributed by atoms with Crippen molar-refractivity contribution in [3.63, 3.8) is 0 Å². The third kappa shape index (κ3) is 5.71. The average Bonchev–Trinajstić information content (AvgIpc) is 3.68. The molecule has 3 aromatic carbocycles. The molecular formula is C47H52ClN7O3. The molecule has 300 valence electrons. The molecule has 2 aromatic heterocycles. The monoisotopic (exact) mass is 797 g/mol. The molecule has 5 fully saturated rings. The second kappa shape index (κ2) is 13.8. The molecule has 0 atom stereocenters. The van der Waals surface area contributed by atoms with Crippen molar-refractivity contribution in [2.45, 2.75) is 101 Å². The average molecular weight is 798 g/mol. The number of rotatable bonds is 5. The first-order chi connectivity index (χ1) is 28.2. The Morgan fingerprint density at radius 3 is 2.33 bits per heavy atom. The van der Waals surface area contributed by atoms with Gasteiger partial charge in [0, 0.05) is 56.0 Å². The fraction of sp³-hybridized carbons (Fsp3) is 0.511. The van der Waals surface area contributed by atoms with Crippen LogP contribution in [-0.4, -0.2) is 68.8 Å². The van der Waals surface area contributed by atoms with Crippen LogP contribution in [0.15, 0.2) is 59.4 Å². The number of halogens is 1.